The van der Waals surface area contributed by atoms with Crippen LogP contribution >= 0.6 is 0 Å². The fourth-order valence-corrected chi connectivity index (χ4v) is 5.73. The molecule has 0 bridgehead atoms. The Bertz CT molecular complexity index is 1030. The van der Waals surface area contributed by atoms with E-state index < -0.39 is 0 Å². The molecule has 0 spiro atoms. The summed E-state index contributed by atoms with van der Waals surface area (Å²) in [6.45, 7) is 1.84. The summed E-state index contributed by atoms with van der Waals surface area (Å²) in [5.41, 5.74) is 0.878. The topological polar surface area (TPSA) is 69.7 Å². The summed E-state index contributed by atoms with van der Waals surface area (Å²) < 4.78 is 0. The number of piperidine rings is 1. The van der Waals surface area contributed by atoms with Crippen LogP contribution in [0.15, 0.2) is 42.5 Å². The zero-order valence-electron chi connectivity index (χ0n) is 19.2. The van der Waals surface area contributed by atoms with Crippen molar-refractivity contribution in [1.82, 2.24) is 10.2 Å². The summed E-state index contributed by atoms with van der Waals surface area (Å²) in [6.07, 6.45) is 7.46. The van der Waals surface area contributed by atoms with Crippen LogP contribution < -0.4 is 10.2 Å². The van der Waals surface area contributed by atoms with Crippen LogP contribution in [0.4, 0.5) is 5.69 Å². The molecule has 2 saturated heterocycles. The molecule has 33 heavy (non-hydrogen) atoms. The van der Waals surface area contributed by atoms with Gasteiger partial charge in [-0.15, -0.1) is 0 Å². The van der Waals surface area contributed by atoms with Crippen LogP contribution in [0.3, 0.4) is 0 Å². The van der Waals surface area contributed by atoms with Gasteiger partial charge in [-0.25, -0.2) is 0 Å². The fourth-order valence-electron chi connectivity index (χ4n) is 5.73. The predicted molar refractivity (Wildman–Crippen MR) is 129 cm³/mol. The molecule has 2 heterocycles. The van der Waals surface area contributed by atoms with Gasteiger partial charge in [-0.3, -0.25) is 14.4 Å². The maximum atomic E-state index is 13.0. The maximum Gasteiger partial charge on any atom is 0.227 e. The van der Waals surface area contributed by atoms with E-state index in [1.165, 1.54) is 19.3 Å². The number of hydrogen-bond donors (Lipinski definition) is 1. The Morgan fingerprint density at radius 1 is 0.848 bits per heavy atom. The molecule has 174 valence electrons. The van der Waals surface area contributed by atoms with Gasteiger partial charge in [0.25, 0.3) is 0 Å². The molecule has 1 aliphatic carbocycles. The number of carbonyl (C=O) groups is 3. The third kappa shape index (κ3) is 4.61. The molecule has 1 N–H and O–H groups in total. The number of anilines is 1. The Morgan fingerprint density at radius 3 is 2.36 bits per heavy atom. The van der Waals surface area contributed by atoms with Gasteiger partial charge < -0.3 is 15.1 Å². The summed E-state index contributed by atoms with van der Waals surface area (Å²) in [7, 11) is 0. The number of amides is 3. The highest BCUT2D eigenvalue weighted by atomic mass is 16.2. The molecular weight excluding hydrogens is 414 g/mol. The number of likely N-dealkylation sites (tertiary alicyclic amines) is 1. The summed E-state index contributed by atoms with van der Waals surface area (Å²) >= 11 is 0. The molecule has 3 amide bonds. The number of benzene rings is 2. The molecule has 5 rings (SSSR count). The fraction of sp³-hybridized carbons (Fsp3) is 0.519. The first kappa shape index (κ1) is 21.9. The lowest BCUT2D eigenvalue weighted by atomic mass is 9.87. The third-order valence-electron chi connectivity index (χ3n) is 7.66. The zero-order valence-corrected chi connectivity index (χ0v) is 19.2. The average molecular weight is 448 g/mol. The number of fused-ring (bicyclic) bond motifs is 1. The van der Waals surface area contributed by atoms with Crippen LogP contribution in [-0.4, -0.2) is 48.3 Å². The molecule has 2 aliphatic heterocycles. The van der Waals surface area contributed by atoms with Crippen molar-refractivity contribution in [3.05, 3.63) is 42.5 Å². The van der Waals surface area contributed by atoms with Crippen LogP contribution in [0.5, 0.6) is 0 Å². The third-order valence-corrected chi connectivity index (χ3v) is 7.66. The summed E-state index contributed by atoms with van der Waals surface area (Å²) in [5, 5.41) is 5.29. The van der Waals surface area contributed by atoms with Gasteiger partial charge in [0.15, 0.2) is 0 Å². The number of carbonyl (C=O) groups excluding carboxylic acids is 3. The van der Waals surface area contributed by atoms with Gasteiger partial charge in [0.05, 0.1) is 11.6 Å². The van der Waals surface area contributed by atoms with Crippen molar-refractivity contribution in [3.8, 4) is 0 Å². The van der Waals surface area contributed by atoms with E-state index in [0.29, 0.717) is 25.5 Å². The molecular formula is C27H33N3O3. The van der Waals surface area contributed by atoms with E-state index in [4.69, 9.17) is 0 Å². The summed E-state index contributed by atoms with van der Waals surface area (Å²) in [4.78, 5) is 42.3. The van der Waals surface area contributed by atoms with Gasteiger partial charge in [0.2, 0.25) is 17.7 Å². The van der Waals surface area contributed by atoms with Crippen LogP contribution in [-0.2, 0) is 14.4 Å². The molecule has 1 saturated carbocycles. The van der Waals surface area contributed by atoms with Crippen molar-refractivity contribution in [2.75, 3.05) is 24.5 Å². The second-order valence-corrected chi connectivity index (χ2v) is 9.85. The molecule has 2 aromatic rings. The SMILES string of the molecule is O=C(NC1CCN(C(=O)C2CCCCC2)CC1)C1CC(=O)N(c2cccc3ccccc23)C1. The molecule has 6 heteroatoms. The van der Waals surface area contributed by atoms with Crippen molar-refractivity contribution in [3.63, 3.8) is 0 Å². The van der Waals surface area contributed by atoms with Gasteiger partial charge in [-0.2, -0.15) is 0 Å². The molecule has 0 radical (unpaired) electrons. The van der Waals surface area contributed by atoms with Gasteiger partial charge >= 0.3 is 0 Å². The predicted octanol–water partition coefficient (Wildman–Crippen LogP) is 3.88. The lowest BCUT2D eigenvalue weighted by Gasteiger charge is -2.35. The van der Waals surface area contributed by atoms with Gasteiger partial charge in [0, 0.05) is 43.4 Å². The van der Waals surface area contributed by atoms with Crippen molar-refractivity contribution in [1.29, 1.82) is 0 Å². The summed E-state index contributed by atoms with van der Waals surface area (Å²) in [5.74, 6) is 0.141. The molecule has 1 unspecified atom stereocenters. The second-order valence-electron chi connectivity index (χ2n) is 9.85. The van der Waals surface area contributed by atoms with E-state index in [-0.39, 0.29) is 36.1 Å². The first-order valence-corrected chi connectivity index (χ1v) is 12.5. The van der Waals surface area contributed by atoms with E-state index in [0.717, 1.165) is 42.1 Å². The first-order chi connectivity index (χ1) is 16.1. The molecule has 6 nitrogen and oxygen atoms in total. The molecule has 3 fully saturated rings. The maximum absolute atomic E-state index is 13.0. The van der Waals surface area contributed by atoms with Gasteiger partial charge in [-0.1, -0.05) is 55.7 Å². The standard InChI is InChI=1S/C27H33N3O3/c31-25-17-21(18-30(25)24-12-6-10-19-7-4-5-11-23(19)24)26(32)28-22-13-15-29(16-14-22)27(33)20-8-2-1-3-9-20/h4-7,10-12,20-22H,1-3,8-9,13-18H2,(H,28,32). The van der Waals surface area contributed by atoms with Crippen molar-refractivity contribution in [2.45, 2.75) is 57.4 Å². The van der Waals surface area contributed by atoms with Gasteiger partial charge in [-0.05, 0) is 37.1 Å². The molecule has 2 aromatic carbocycles. The number of nitrogens with zero attached hydrogens (tertiary/aromatic N) is 2. The average Bonchev–Trinajstić information content (AvgIpc) is 3.26. The first-order valence-electron chi connectivity index (χ1n) is 12.5. The largest absolute Gasteiger partial charge is 0.353 e. The Morgan fingerprint density at radius 2 is 1.58 bits per heavy atom. The quantitative estimate of drug-likeness (QED) is 0.773. The Kier molecular flexibility index (Phi) is 6.34. The highest BCUT2D eigenvalue weighted by molar-refractivity contribution is 6.07. The Balaban J connectivity index is 1.16. The molecule has 3 aliphatic rings. The van der Waals surface area contributed by atoms with Crippen LogP contribution in [0.25, 0.3) is 10.8 Å². The van der Waals surface area contributed by atoms with Crippen LogP contribution in [0, 0.1) is 11.8 Å². The number of hydrogen-bond acceptors (Lipinski definition) is 3. The Labute approximate surface area is 195 Å². The number of rotatable bonds is 4. The monoisotopic (exact) mass is 447 g/mol. The van der Waals surface area contributed by atoms with Crippen LogP contribution in [0.1, 0.15) is 51.4 Å². The van der Waals surface area contributed by atoms with E-state index in [2.05, 4.69) is 5.32 Å². The zero-order chi connectivity index (χ0) is 22.8. The summed E-state index contributed by atoms with van der Waals surface area (Å²) in [6, 6.07) is 14.1. The van der Waals surface area contributed by atoms with E-state index >= 15 is 0 Å². The van der Waals surface area contributed by atoms with Crippen molar-refractivity contribution in [2.24, 2.45) is 11.8 Å². The Hall–Kier alpha value is -2.89. The molecule has 0 aromatic heterocycles. The normalized spacial score (nSPS) is 22.7. The van der Waals surface area contributed by atoms with Crippen molar-refractivity contribution >= 4 is 34.2 Å². The van der Waals surface area contributed by atoms with E-state index in [1.807, 2.05) is 47.4 Å². The van der Waals surface area contributed by atoms with E-state index in [1.54, 1.807) is 4.90 Å². The smallest absolute Gasteiger partial charge is 0.227 e. The highest BCUT2D eigenvalue weighted by Gasteiger charge is 2.37. The lowest BCUT2D eigenvalue weighted by molar-refractivity contribution is -0.137. The second kappa shape index (κ2) is 9.54. The van der Waals surface area contributed by atoms with E-state index in [9.17, 15) is 14.4 Å². The van der Waals surface area contributed by atoms with Crippen molar-refractivity contribution < 1.29 is 14.4 Å². The van der Waals surface area contributed by atoms with Gasteiger partial charge in [0.1, 0.15) is 0 Å². The van der Waals surface area contributed by atoms with Crippen LogP contribution in [0.2, 0.25) is 0 Å². The lowest BCUT2D eigenvalue weighted by Crippen LogP contribution is -2.49. The number of nitrogens with one attached hydrogen (secondary N) is 1. The highest BCUT2D eigenvalue weighted by Crippen LogP contribution is 2.32. The minimum Gasteiger partial charge on any atom is -0.353 e. The molecule has 1 atom stereocenters. The minimum absolute atomic E-state index is 0.000555. The minimum atomic E-state index is -0.335.